The number of hydrogen-bond donors (Lipinski definition) is 1. The number of nitro groups is 1. The molecule has 0 bridgehead atoms. The number of anilines is 1. The van der Waals surface area contributed by atoms with Crippen LogP contribution in [0.4, 0.5) is 15.8 Å². The van der Waals surface area contributed by atoms with Crippen molar-refractivity contribution in [3.05, 3.63) is 94.3 Å². The Hall–Kier alpha value is -3.19. The van der Waals surface area contributed by atoms with Gasteiger partial charge in [0.15, 0.2) is 0 Å². The molecule has 5 nitrogen and oxygen atoms in total. The highest BCUT2D eigenvalue weighted by Crippen LogP contribution is 2.31. The van der Waals surface area contributed by atoms with E-state index >= 15 is 0 Å². The van der Waals surface area contributed by atoms with Crippen LogP contribution >= 0.6 is 11.8 Å². The molecule has 0 aliphatic carbocycles. The lowest BCUT2D eigenvalue weighted by Gasteiger charge is -2.10. The molecule has 3 aromatic rings. The molecule has 0 radical (unpaired) electrons. The fourth-order valence-electron chi connectivity index (χ4n) is 2.24. The molecule has 0 spiro atoms. The van der Waals surface area contributed by atoms with Gasteiger partial charge >= 0.3 is 0 Å². The van der Waals surface area contributed by atoms with Crippen molar-refractivity contribution in [2.24, 2.45) is 0 Å². The fourth-order valence-corrected chi connectivity index (χ4v) is 3.18. The summed E-state index contributed by atoms with van der Waals surface area (Å²) in [5, 5.41) is 13.5. The van der Waals surface area contributed by atoms with E-state index in [4.69, 9.17) is 0 Å². The molecule has 1 amide bonds. The summed E-state index contributed by atoms with van der Waals surface area (Å²) in [6, 6.07) is 18.7. The number of carbonyl (C=O) groups excluding carboxylic acids is 1. The lowest BCUT2D eigenvalue weighted by Crippen LogP contribution is -2.12. The maximum atomic E-state index is 13.0. The topological polar surface area (TPSA) is 72.2 Å². The molecule has 0 saturated heterocycles. The van der Waals surface area contributed by atoms with Crippen LogP contribution in [-0.2, 0) is 0 Å². The minimum Gasteiger partial charge on any atom is -0.322 e. The van der Waals surface area contributed by atoms with Crippen molar-refractivity contribution in [1.29, 1.82) is 0 Å². The summed E-state index contributed by atoms with van der Waals surface area (Å²) in [5.41, 5.74) is 0.961. The van der Waals surface area contributed by atoms with Crippen molar-refractivity contribution in [2.75, 3.05) is 5.32 Å². The Bertz CT molecular complexity index is 944. The lowest BCUT2D eigenvalue weighted by atomic mass is 10.2. The zero-order valence-corrected chi connectivity index (χ0v) is 14.2. The summed E-state index contributed by atoms with van der Waals surface area (Å²) in [6.07, 6.45) is 0. The number of non-ortho nitro benzene ring substituents is 1. The van der Waals surface area contributed by atoms with Crippen molar-refractivity contribution in [2.45, 2.75) is 9.79 Å². The van der Waals surface area contributed by atoms with Crippen molar-refractivity contribution < 1.29 is 14.1 Å². The van der Waals surface area contributed by atoms with Crippen molar-refractivity contribution in [3.63, 3.8) is 0 Å². The van der Waals surface area contributed by atoms with Gasteiger partial charge in [-0.15, -0.1) is 0 Å². The zero-order chi connectivity index (χ0) is 18.5. The molecule has 1 N–H and O–H groups in total. The van der Waals surface area contributed by atoms with Crippen LogP contribution in [0.25, 0.3) is 0 Å². The van der Waals surface area contributed by atoms with Crippen LogP contribution < -0.4 is 5.32 Å². The first-order valence-electron chi connectivity index (χ1n) is 7.61. The van der Waals surface area contributed by atoms with E-state index in [0.717, 1.165) is 4.90 Å². The highest BCUT2D eigenvalue weighted by Gasteiger charge is 2.13. The third-order valence-electron chi connectivity index (χ3n) is 3.51. The third-order valence-corrected chi connectivity index (χ3v) is 4.59. The van der Waals surface area contributed by atoms with E-state index in [1.54, 1.807) is 30.3 Å². The van der Waals surface area contributed by atoms with Gasteiger partial charge in [0.05, 0.1) is 10.5 Å². The zero-order valence-electron chi connectivity index (χ0n) is 13.4. The molecule has 26 heavy (non-hydrogen) atoms. The number of rotatable bonds is 5. The normalized spacial score (nSPS) is 10.3. The van der Waals surface area contributed by atoms with E-state index in [-0.39, 0.29) is 17.4 Å². The Balaban J connectivity index is 1.80. The molecule has 3 rings (SSSR count). The monoisotopic (exact) mass is 368 g/mol. The second-order valence-electron chi connectivity index (χ2n) is 5.31. The maximum Gasteiger partial charge on any atom is 0.269 e. The van der Waals surface area contributed by atoms with Crippen LogP contribution in [0.5, 0.6) is 0 Å². The second kappa shape index (κ2) is 7.79. The third kappa shape index (κ3) is 4.25. The van der Waals surface area contributed by atoms with E-state index in [9.17, 15) is 19.3 Å². The van der Waals surface area contributed by atoms with Gasteiger partial charge in [-0.05, 0) is 48.5 Å². The Morgan fingerprint density at radius 1 is 0.962 bits per heavy atom. The number of carbonyl (C=O) groups is 1. The minimum absolute atomic E-state index is 0.0108. The predicted molar refractivity (Wildman–Crippen MR) is 98.0 cm³/mol. The van der Waals surface area contributed by atoms with Gasteiger partial charge in [-0.2, -0.15) is 0 Å². The summed E-state index contributed by atoms with van der Waals surface area (Å²) in [7, 11) is 0. The van der Waals surface area contributed by atoms with Crippen LogP contribution in [0.2, 0.25) is 0 Å². The maximum absolute atomic E-state index is 13.0. The van der Waals surface area contributed by atoms with Crippen molar-refractivity contribution in [1.82, 2.24) is 0 Å². The van der Waals surface area contributed by atoms with E-state index in [0.29, 0.717) is 16.1 Å². The second-order valence-corrected chi connectivity index (χ2v) is 6.43. The quantitative estimate of drug-likeness (QED) is 0.500. The summed E-state index contributed by atoms with van der Waals surface area (Å²) in [5.74, 6) is -0.696. The molecule has 0 unspecified atom stereocenters. The van der Waals surface area contributed by atoms with Gasteiger partial charge in [-0.25, -0.2) is 4.39 Å². The molecule has 0 aromatic heterocycles. The first-order valence-corrected chi connectivity index (χ1v) is 8.43. The van der Waals surface area contributed by atoms with E-state index < -0.39 is 4.92 Å². The number of halogens is 1. The Labute approximate surface area is 153 Å². The van der Waals surface area contributed by atoms with E-state index in [2.05, 4.69) is 5.32 Å². The van der Waals surface area contributed by atoms with Crippen LogP contribution in [0, 0.1) is 15.9 Å². The first kappa shape index (κ1) is 17.6. The first-order chi connectivity index (χ1) is 12.5. The van der Waals surface area contributed by atoms with Gasteiger partial charge in [0.25, 0.3) is 11.6 Å². The smallest absolute Gasteiger partial charge is 0.269 e. The molecule has 0 heterocycles. The number of nitrogens with zero attached hydrogens (tertiary/aromatic N) is 1. The molecule has 0 fully saturated rings. The summed E-state index contributed by atoms with van der Waals surface area (Å²) in [4.78, 5) is 24.3. The number of amides is 1. The number of benzene rings is 3. The highest BCUT2D eigenvalue weighted by molar-refractivity contribution is 7.99. The molecule has 3 aromatic carbocycles. The van der Waals surface area contributed by atoms with Crippen LogP contribution in [-0.4, -0.2) is 10.8 Å². The van der Waals surface area contributed by atoms with Crippen LogP contribution in [0.3, 0.4) is 0 Å². The number of nitro benzene ring substituents is 1. The average Bonchev–Trinajstić information content (AvgIpc) is 2.64. The Morgan fingerprint density at radius 2 is 1.62 bits per heavy atom. The fraction of sp³-hybridized carbons (Fsp3) is 0. The molecule has 7 heteroatoms. The van der Waals surface area contributed by atoms with E-state index in [1.807, 2.05) is 6.07 Å². The minimum atomic E-state index is -0.460. The van der Waals surface area contributed by atoms with Crippen molar-refractivity contribution in [3.8, 4) is 0 Å². The van der Waals surface area contributed by atoms with E-state index in [1.165, 1.54) is 48.2 Å². The molecule has 0 saturated carbocycles. The molecular formula is C19H13FN2O3S. The molecular weight excluding hydrogens is 355 g/mol. The summed E-state index contributed by atoms with van der Waals surface area (Å²) in [6.45, 7) is 0. The van der Waals surface area contributed by atoms with Gasteiger partial charge in [0, 0.05) is 27.6 Å². The Kier molecular flexibility index (Phi) is 5.28. The van der Waals surface area contributed by atoms with Gasteiger partial charge in [-0.3, -0.25) is 14.9 Å². The molecule has 130 valence electrons. The average molecular weight is 368 g/mol. The molecule has 0 aliphatic heterocycles. The number of nitrogens with one attached hydrogen (secondary N) is 1. The summed E-state index contributed by atoms with van der Waals surface area (Å²) < 4.78 is 13.0. The largest absolute Gasteiger partial charge is 0.322 e. The van der Waals surface area contributed by atoms with Crippen LogP contribution in [0.15, 0.2) is 82.6 Å². The standard InChI is InChI=1S/C19H13FN2O3S/c20-13-5-7-14(8-6-13)21-19(23)17-3-1-2-4-18(17)26-16-11-9-15(10-12-16)22(24)25/h1-12H,(H,21,23). The van der Waals surface area contributed by atoms with Crippen molar-refractivity contribution >= 4 is 29.0 Å². The Morgan fingerprint density at radius 3 is 2.27 bits per heavy atom. The van der Waals surface area contributed by atoms with Crippen LogP contribution in [0.1, 0.15) is 10.4 Å². The highest BCUT2D eigenvalue weighted by atomic mass is 32.2. The SMILES string of the molecule is O=C(Nc1ccc(F)cc1)c1ccccc1Sc1ccc([N+](=O)[O-])cc1. The predicted octanol–water partition coefficient (Wildman–Crippen LogP) is 5.14. The van der Waals surface area contributed by atoms with Gasteiger partial charge < -0.3 is 5.32 Å². The molecule has 0 aliphatic rings. The lowest BCUT2D eigenvalue weighted by molar-refractivity contribution is -0.384. The van der Waals surface area contributed by atoms with Gasteiger partial charge in [0.2, 0.25) is 0 Å². The summed E-state index contributed by atoms with van der Waals surface area (Å²) >= 11 is 1.33. The number of hydrogen-bond acceptors (Lipinski definition) is 4. The van der Waals surface area contributed by atoms with Gasteiger partial charge in [0.1, 0.15) is 5.82 Å². The van der Waals surface area contributed by atoms with Gasteiger partial charge in [-0.1, -0.05) is 23.9 Å². The molecule has 0 atom stereocenters.